The van der Waals surface area contributed by atoms with Crippen LogP contribution in [0.25, 0.3) is 0 Å². The predicted molar refractivity (Wildman–Crippen MR) is 123 cm³/mol. The molecule has 0 saturated carbocycles. The van der Waals surface area contributed by atoms with Gasteiger partial charge < -0.3 is 37.5 Å². The Kier molecular flexibility index (Phi) is 12.6. The molecular formula is C22H40N6O5. The van der Waals surface area contributed by atoms with Crippen molar-refractivity contribution in [2.45, 2.75) is 89.4 Å². The summed E-state index contributed by atoms with van der Waals surface area (Å²) in [6.45, 7) is 4.69. The van der Waals surface area contributed by atoms with Crippen molar-refractivity contribution in [3.8, 4) is 0 Å². The van der Waals surface area contributed by atoms with Crippen LogP contribution in [0.5, 0.6) is 0 Å². The third-order valence-electron chi connectivity index (χ3n) is 5.66. The molecular weight excluding hydrogens is 428 g/mol. The van der Waals surface area contributed by atoms with E-state index < -0.39 is 47.8 Å². The van der Waals surface area contributed by atoms with Crippen molar-refractivity contribution in [3.63, 3.8) is 0 Å². The first-order valence-corrected chi connectivity index (χ1v) is 11.7. The van der Waals surface area contributed by atoms with Crippen LogP contribution < -0.4 is 27.8 Å². The average molecular weight is 469 g/mol. The van der Waals surface area contributed by atoms with Gasteiger partial charge in [-0.2, -0.15) is 0 Å². The highest BCUT2D eigenvalue weighted by atomic mass is 16.2. The number of carbonyl (C=O) groups excluding carboxylic acids is 5. The summed E-state index contributed by atoms with van der Waals surface area (Å²) in [5.41, 5.74) is 16.6. The lowest BCUT2D eigenvalue weighted by atomic mass is 10.0. The molecule has 0 spiro atoms. The van der Waals surface area contributed by atoms with Crippen LogP contribution in [0, 0.1) is 5.92 Å². The van der Waals surface area contributed by atoms with E-state index in [0.717, 1.165) is 6.42 Å². The summed E-state index contributed by atoms with van der Waals surface area (Å²) in [4.78, 5) is 62.7. The highest BCUT2D eigenvalue weighted by Crippen LogP contribution is 2.20. The molecule has 8 N–H and O–H groups in total. The molecule has 0 unspecified atom stereocenters. The fourth-order valence-corrected chi connectivity index (χ4v) is 3.90. The van der Waals surface area contributed by atoms with E-state index in [1.807, 2.05) is 13.8 Å². The number of unbranched alkanes of at least 4 members (excludes halogenated alkanes) is 1. The Hall–Kier alpha value is -2.53. The number of hydrogen-bond donors (Lipinski definition) is 5. The molecule has 0 aromatic heterocycles. The Balaban J connectivity index is 2.88. The van der Waals surface area contributed by atoms with Crippen molar-refractivity contribution in [3.05, 3.63) is 0 Å². The molecule has 0 aliphatic carbocycles. The number of primary amides is 1. The fourth-order valence-electron chi connectivity index (χ4n) is 3.90. The minimum Gasteiger partial charge on any atom is -0.370 e. The van der Waals surface area contributed by atoms with E-state index >= 15 is 0 Å². The summed E-state index contributed by atoms with van der Waals surface area (Å²) >= 11 is 0. The Morgan fingerprint density at radius 2 is 1.82 bits per heavy atom. The molecule has 0 radical (unpaired) electrons. The topological polar surface area (TPSA) is 191 Å². The van der Waals surface area contributed by atoms with Gasteiger partial charge in [-0.25, -0.2) is 0 Å². The largest absolute Gasteiger partial charge is 0.370 e. The quantitative estimate of drug-likeness (QED) is 0.149. The molecule has 33 heavy (non-hydrogen) atoms. The Morgan fingerprint density at radius 3 is 2.39 bits per heavy atom. The SMILES string of the molecule is CC(C)C[C@H](N)C(=O)N[C@@H](CCC(N)=O)C(=O)N1CCC[C@H]1C(=O)N[C@H](C=O)CCCCN. The summed E-state index contributed by atoms with van der Waals surface area (Å²) in [6, 6.07) is -3.23. The number of nitrogens with two attached hydrogens (primary N) is 3. The molecule has 11 nitrogen and oxygen atoms in total. The van der Waals surface area contributed by atoms with E-state index in [0.29, 0.717) is 51.5 Å². The van der Waals surface area contributed by atoms with Crippen molar-refractivity contribution in [2.24, 2.45) is 23.1 Å². The Morgan fingerprint density at radius 1 is 1.12 bits per heavy atom. The maximum Gasteiger partial charge on any atom is 0.245 e. The maximum absolute atomic E-state index is 13.3. The third-order valence-corrected chi connectivity index (χ3v) is 5.66. The average Bonchev–Trinajstić information content (AvgIpc) is 3.24. The van der Waals surface area contributed by atoms with Gasteiger partial charge in [0.1, 0.15) is 18.4 Å². The minimum atomic E-state index is -1.02. The standard InChI is InChI=1S/C22H40N6O5/c1-14(2)12-16(24)20(31)27-17(8-9-19(25)30)22(33)28-11-5-7-18(28)21(32)26-15(13-29)6-3-4-10-23/h13-18H,3-12,23-24H2,1-2H3,(H2,25,30)(H,26,32)(H,27,31)/t15-,16-,17-,18-/m0/s1. The van der Waals surface area contributed by atoms with Crippen LogP contribution in [0.4, 0.5) is 0 Å². The van der Waals surface area contributed by atoms with Gasteiger partial charge >= 0.3 is 0 Å². The first kappa shape index (κ1) is 28.5. The number of rotatable bonds is 15. The molecule has 1 aliphatic rings. The predicted octanol–water partition coefficient (Wildman–Crippen LogP) is -1.09. The second-order valence-corrected chi connectivity index (χ2v) is 9.03. The van der Waals surface area contributed by atoms with Gasteiger partial charge in [0.25, 0.3) is 0 Å². The smallest absolute Gasteiger partial charge is 0.245 e. The molecule has 0 aromatic rings. The summed E-state index contributed by atoms with van der Waals surface area (Å²) in [7, 11) is 0. The molecule has 1 saturated heterocycles. The van der Waals surface area contributed by atoms with Gasteiger partial charge in [-0.15, -0.1) is 0 Å². The van der Waals surface area contributed by atoms with Gasteiger partial charge in [-0.3, -0.25) is 19.2 Å². The van der Waals surface area contributed by atoms with E-state index in [2.05, 4.69) is 10.6 Å². The number of nitrogens with zero attached hydrogens (tertiary/aromatic N) is 1. The number of likely N-dealkylation sites (tertiary alicyclic amines) is 1. The van der Waals surface area contributed by atoms with Gasteiger partial charge in [-0.1, -0.05) is 13.8 Å². The molecule has 0 bridgehead atoms. The molecule has 1 fully saturated rings. The molecule has 0 aromatic carbocycles. The lowest BCUT2D eigenvalue weighted by molar-refractivity contribution is -0.142. The van der Waals surface area contributed by atoms with Crippen LogP contribution in [-0.2, 0) is 24.0 Å². The summed E-state index contributed by atoms with van der Waals surface area (Å²) in [5, 5.41) is 5.34. The zero-order valence-electron chi connectivity index (χ0n) is 19.8. The van der Waals surface area contributed by atoms with Crippen LogP contribution >= 0.6 is 0 Å². The first-order valence-electron chi connectivity index (χ1n) is 11.7. The lowest BCUT2D eigenvalue weighted by Gasteiger charge is -2.30. The van der Waals surface area contributed by atoms with Crippen LogP contribution in [0.3, 0.4) is 0 Å². The minimum absolute atomic E-state index is 0.00912. The summed E-state index contributed by atoms with van der Waals surface area (Å²) in [6.07, 6.45) is 3.99. The highest BCUT2D eigenvalue weighted by molar-refractivity contribution is 5.94. The summed E-state index contributed by atoms with van der Waals surface area (Å²) in [5.74, 6) is -1.79. The van der Waals surface area contributed by atoms with Crippen LogP contribution in [0.2, 0.25) is 0 Å². The van der Waals surface area contributed by atoms with Gasteiger partial charge in [0, 0.05) is 13.0 Å². The zero-order chi connectivity index (χ0) is 25.0. The molecule has 188 valence electrons. The monoisotopic (exact) mass is 468 g/mol. The number of nitrogens with one attached hydrogen (secondary N) is 2. The third kappa shape index (κ3) is 9.87. The number of amides is 4. The first-order chi connectivity index (χ1) is 15.6. The highest BCUT2D eigenvalue weighted by Gasteiger charge is 2.38. The number of hydrogen-bond acceptors (Lipinski definition) is 7. The maximum atomic E-state index is 13.3. The van der Waals surface area contributed by atoms with E-state index in [4.69, 9.17) is 17.2 Å². The van der Waals surface area contributed by atoms with Gasteiger partial charge in [0.15, 0.2) is 0 Å². The number of carbonyl (C=O) groups is 5. The Labute approximate surface area is 195 Å². The molecule has 1 aliphatic heterocycles. The van der Waals surface area contributed by atoms with E-state index in [-0.39, 0.29) is 18.8 Å². The molecule has 1 rings (SSSR count). The van der Waals surface area contributed by atoms with Gasteiger partial charge in [-0.05, 0) is 57.4 Å². The van der Waals surface area contributed by atoms with Crippen LogP contribution in [-0.4, -0.2) is 72.1 Å². The second kappa shape index (κ2) is 14.6. The summed E-state index contributed by atoms with van der Waals surface area (Å²) < 4.78 is 0. The molecule has 4 amide bonds. The molecule has 11 heteroatoms. The van der Waals surface area contributed by atoms with Crippen molar-refractivity contribution in [1.29, 1.82) is 0 Å². The van der Waals surface area contributed by atoms with Crippen molar-refractivity contribution >= 4 is 29.9 Å². The van der Waals surface area contributed by atoms with Gasteiger partial charge in [0.05, 0.1) is 12.1 Å². The normalized spacial score (nSPS) is 18.5. The fraction of sp³-hybridized carbons (Fsp3) is 0.773. The number of aldehydes is 1. The molecule has 4 atom stereocenters. The van der Waals surface area contributed by atoms with Crippen LogP contribution in [0.1, 0.15) is 65.2 Å². The van der Waals surface area contributed by atoms with E-state index in [1.54, 1.807) is 0 Å². The van der Waals surface area contributed by atoms with Crippen molar-refractivity contribution in [1.82, 2.24) is 15.5 Å². The van der Waals surface area contributed by atoms with E-state index in [9.17, 15) is 24.0 Å². The van der Waals surface area contributed by atoms with Crippen LogP contribution in [0.15, 0.2) is 0 Å². The lowest BCUT2D eigenvalue weighted by Crippen LogP contribution is -2.56. The van der Waals surface area contributed by atoms with E-state index in [1.165, 1.54) is 4.90 Å². The van der Waals surface area contributed by atoms with Gasteiger partial charge in [0.2, 0.25) is 23.6 Å². The molecule has 1 heterocycles. The zero-order valence-corrected chi connectivity index (χ0v) is 19.8. The Bertz CT molecular complexity index is 686. The van der Waals surface area contributed by atoms with Crippen molar-refractivity contribution < 1.29 is 24.0 Å². The van der Waals surface area contributed by atoms with Crippen molar-refractivity contribution in [2.75, 3.05) is 13.1 Å². The second-order valence-electron chi connectivity index (χ2n) is 9.03.